The quantitative estimate of drug-likeness (QED) is 0.783. The second-order valence-electron chi connectivity index (χ2n) is 5.72. The average Bonchev–Trinajstić information content (AvgIpc) is 2.79. The Labute approximate surface area is 121 Å². The van der Waals surface area contributed by atoms with Crippen molar-refractivity contribution in [1.82, 2.24) is 10.2 Å². The van der Waals surface area contributed by atoms with Gasteiger partial charge in [-0.2, -0.15) is 0 Å². The fourth-order valence-corrected chi connectivity index (χ4v) is 2.51. The van der Waals surface area contributed by atoms with E-state index in [9.17, 15) is 4.79 Å². The van der Waals surface area contributed by atoms with Crippen LogP contribution in [-0.4, -0.2) is 36.5 Å². The molecule has 1 aliphatic heterocycles. The predicted octanol–water partition coefficient (Wildman–Crippen LogP) is 2.35. The van der Waals surface area contributed by atoms with Crippen molar-refractivity contribution in [3.8, 4) is 0 Å². The molecule has 0 aromatic rings. The molecule has 0 aromatic carbocycles. The average molecular weight is 276 g/mol. The van der Waals surface area contributed by atoms with Crippen molar-refractivity contribution >= 4 is 5.97 Å². The second-order valence-corrected chi connectivity index (χ2v) is 5.72. The van der Waals surface area contributed by atoms with Crippen LogP contribution in [0.1, 0.15) is 33.6 Å². The van der Waals surface area contributed by atoms with E-state index in [-0.39, 0.29) is 12.0 Å². The molecular weight excluding hydrogens is 252 g/mol. The van der Waals surface area contributed by atoms with Gasteiger partial charge in [0.2, 0.25) is 0 Å². The fraction of sp³-hybridized carbons (Fsp3) is 0.562. The standard InChI is InChI=1S/C16H24N2O2/c1-11(2)18(4)9-8-13-10-17-14-6-5-7-15(16(13)14)20-12(3)19/h5,7,10-11,14,17H,6,8-9H2,1-4H3. The van der Waals surface area contributed by atoms with E-state index >= 15 is 0 Å². The van der Waals surface area contributed by atoms with Crippen molar-refractivity contribution < 1.29 is 9.53 Å². The van der Waals surface area contributed by atoms with Crippen LogP contribution < -0.4 is 5.32 Å². The molecule has 0 radical (unpaired) electrons. The van der Waals surface area contributed by atoms with E-state index in [0.29, 0.717) is 11.8 Å². The van der Waals surface area contributed by atoms with Crippen LogP contribution in [0.3, 0.4) is 0 Å². The summed E-state index contributed by atoms with van der Waals surface area (Å²) in [5, 5.41) is 3.38. The Bertz CT molecular complexity index is 475. The van der Waals surface area contributed by atoms with Crippen LogP contribution in [0.15, 0.2) is 35.3 Å². The third kappa shape index (κ3) is 3.31. The molecule has 1 heterocycles. The zero-order valence-electron chi connectivity index (χ0n) is 12.8. The van der Waals surface area contributed by atoms with E-state index < -0.39 is 0 Å². The zero-order chi connectivity index (χ0) is 14.7. The monoisotopic (exact) mass is 276 g/mol. The molecule has 1 aliphatic carbocycles. The van der Waals surface area contributed by atoms with Gasteiger partial charge in [-0.05, 0) is 45.4 Å². The molecule has 0 saturated heterocycles. The van der Waals surface area contributed by atoms with Crippen LogP contribution in [0, 0.1) is 0 Å². The van der Waals surface area contributed by atoms with E-state index in [2.05, 4.69) is 43.4 Å². The Kier molecular flexibility index (Phi) is 4.65. The Morgan fingerprint density at radius 1 is 1.55 bits per heavy atom. The summed E-state index contributed by atoms with van der Waals surface area (Å²) in [7, 11) is 2.13. The van der Waals surface area contributed by atoms with Gasteiger partial charge in [0.25, 0.3) is 0 Å². The van der Waals surface area contributed by atoms with Crippen molar-refractivity contribution in [2.24, 2.45) is 0 Å². The third-order valence-electron chi connectivity index (χ3n) is 3.93. The molecule has 0 bridgehead atoms. The van der Waals surface area contributed by atoms with Gasteiger partial charge in [-0.3, -0.25) is 4.79 Å². The summed E-state index contributed by atoms with van der Waals surface area (Å²) in [5.41, 5.74) is 2.41. The topological polar surface area (TPSA) is 41.6 Å². The lowest BCUT2D eigenvalue weighted by molar-refractivity contribution is -0.136. The first-order valence-electron chi connectivity index (χ1n) is 7.24. The minimum atomic E-state index is -0.261. The van der Waals surface area contributed by atoms with Gasteiger partial charge in [-0.25, -0.2) is 0 Å². The number of allylic oxidation sites excluding steroid dienone is 1. The molecule has 2 aliphatic rings. The number of carbonyl (C=O) groups is 1. The van der Waals surface area contributed by atoms with E-state index in [1.54, 1.807) is 0 Å². The molecular formula is C16H24N2O2. The summed E-state index contributed by atoms with van der Waals surface area (Å²) in [5.74, 6) is 0.445. The van der Waals surface area contributed by atoms with Gasteiger partial charge in [-0.15, -0.1) is 0 Å². The Morgan fingerprint density at radius 3 is 2.95 bits per heavy atom. The normalized spacial score (nSPS) is 21.1. The van der Waals surface area contributed by atoms with Crippen LogP contribution in [0.5, 0.6) is 0 Å². The lowest BCUT2D eigenvalue weighted by Gasteiger charge is -2.23. The number of hydrogen-bond acceptors (Lipinski definition) is 4. The molecule has 0 fully saturated rings. The molecule has 2 rings (SSSR count). The number of carbonyl (C=O) groups excluding carboxylic acids is 1. The minimum Gasteiger partial charge on any atom is -0.426 e. The second kappa shape index (κ2) is 6.27. The molecule has 1 N–H and O–H groups in total. The highest BCUT2D eigenvalue weighted by molar-refractivity contribution is 5.68. The molecule has 4 nitrogen and oxygen atoms in total. The summed E-state index contributed by atoms with van der Waals surface area (Å²) in [4.78, 5) is 13.5. The molecule has 0 spiro atoms. The lowest BCUT2D eigenvalue weighted by atomic mass is 9.93. The van der Waals surface area contributed by atoms with Crippen LogP contribution in [0.2, 0.25) is 0 Å². The maximum absolute atomic E-state index is 11.2. The summed E-state index contributed by atoms with van der Waals surface area (Å²) in [6.45, 7) is 6.83. The van der Waals surface area contributed by atoms with Gasteiger partial charge in [0.1, 0.15) is 5.76 Å². The van der Waals surface area contributed by atoms with Crippen LogP contribution in [0.25, 0.3) is 0 Å². The molecule has 20 heavy (non-hydrogen) atoms. The molecule has 0 saturated carbocycles. The number of nitrogens with one attached hydrogen (secondary N) is 1. The highest BCUT2D eigenvalue weighted by Crippen LogP contribution is 2.32. The van der Waals surface area contributed by atoms with Gasteiger partial charge in [0.05, 0.1) is 6.04 Å². The molecule has 0 amide bonds. The van der Waals surface area contributed by atoms with Gasteiger partial charge in [-0.1, -0.05) is 6.08 Å². The summed E-state index contributed by atoms with van der Waals surface area (Å²) >= 11 is 0. The Morgan fingerprint density at radius 2 is 2.30 bits per heavy atom. The summed E-state index contributed by atoms with van der Waals surface area (Å²) < 4.78 is 5.35. The van der Waals surface area contributed by atoms with Crippen molar-refractivity contribution in [1.29, 1.82) is 0 Å². The number of esters is 1. The highest BCUT2D eigenvalue weighted by atomic mass is 16.5. The smallest absolute Gasteiger partial charge is 0.308 e. The number of ether oxygens (including phenoxy) is 1. The summed E-state index contributed by atoms with van der Waals surface area (Å²) in [6.07, 6.45) is 7.95. The first kappa shape index (κ1) is 14.9. The van der Waals surface area contributed by atoms with E-state index in [1.165, 1.54) is 12.5 Å². The van der Waals surface area contributed by atoms with Crippen molar-refractivity contribution in [3.63, 3.8) is 0 Å². The van der Waals surface area contributed by atoms with E-state index in [4.69, 9.17) is 4.74 Å². The summed E-state index contributed by atoms with van der Waals surface area (Å²) in [6, 6.07) is 0.794. The van der Waals surface area contributed by atoms with Gasteiger partial charge in [0.15, 0.2) is 0 Å². The largest absolute Gasteiger partial charge is 0.426 e. The molecule has 110 valence electrons. The van der Waals surface area contributed by atoms with Crippen LogP contribution in [-0.2, 0) is 9.53 Å². The first-order valence-corrected chi connectivity index (χ1v) is 7.24. The molecule has 1 atom stereocenters. The predicted molar refractivity (Wildman–Crippen MR) is 79.9 cm³/mol. The number of fused-ring (bicyclic) bond motifs is 1. The Balaban J connectivity index is 2.11. The molecule has 1 unspecified atom stereocenters. The highest BCUT2D eigenvalue weighted by Gasteiger charge is 2.28. The van der Waals surface area contributed by atoms with Crippen molar-refractivity contribution in [2.75, 3.05) is 13.6 Å². The number of rotatable bonds is 5. The lowest BCUT2D eigenvalue weighted by Crippen LogP contribution is -2.28. The van der Waals surface area contributed by atoms with E-state index in [0.717, 1.165) is 25.0 Å². The first-order chi connectivity index (χ1) is 9.49. The van der Waals surface area contributed by atoms with Crippen LogP contribution in [0.4, 0.5) is 0 Å². The number of nitrogens with zero attached hydrogens (tertiary/aromatic N) is 1. The van der Waals surface area contributed by atoms with Crippen molar-refractivity contribution in [3.05, 3.63) is 35.3 Å². The zero-order valence-corrected chi connectivity index (χ0v) is 12.8. The molecule has 0 aromatic heterocycles. The van der Waals surface area contributed by atoms with Gasteiger partial charge < -0.3 is 15.0 Å². The molecule has 4 heteroatoms. The fourth-order valence-electron chi connectivity index (χ4n) is 2.51. The third-order valence-corrected chi connectivity index (χ3v) is 3.93. The van der Waals surface area contributed by atoms with E-state index in [1.807, 2.05) is 6.08 Å². The minimum absolute atomic E-state index is 0.258. The van der Waals surface area contributed by atoms with Crippen molar-refractivity contribution in [2.45, 2.75) is 45.7 Å². The Hall–Kier alpha value is -1.55. The maximum atomic E-state index is 11.2. The number of hydrogen-bond donors (Lipinski definition) is 1. The SMILES string of the molecule is CC(=O)OC1=C2C(CCN(C)C(C)C)=CNC2CC=C1. The maximum Gasteiger partial charge on any atom is 0.308 e. The van der Waals surface area contributed by atoms with Gasteiger partial charge >= 0.3 is 5.97 Å². The van der Waals surface area contributed by atoms with Gasteiger partial charge in [0, 0.05) is 31.3 Å². The van der Waals surface area contributed by atoms with Crippen LogP contribution >= 0.6 is 0 Å².